The Balaban J connectivity index is 1.98. The van der Waals surface area contributed by atoms with Crippen LogP contribution in [-0.2, 0) is 9.47 Å². The maximum Gasteiger partial charge on any atom is 0.340 e. The van der Waals surface area contributed by atoms with Crippen LogP contribution in [0.1, 0.15) is 19.3 Å². The van der Waals surface area contributed by atoms with Gasteiger partial charge in [0.05, 0.1) is 6.61 Å². The summed E-state index contributed by atoms with van der Waals surface area (Å²) in [5, 5.41) is 11.7. The molecule has 0 aromatic heterocycles. The molecule has 0 aromatic carbocycles. The largest absolute Gasteiger partial charge is 0.353 e. The van der Waals surface area contributed by atoms with E-state index in [0.29, 0.717) is 18.2 Å². The van der Waals surface area contributed by atoms with Gasteiger partial charge in [0.25, 0.3) is 0 Å². The normalized spacial score (nSPS) is 21.1. The Hall–Kier alpha value is -0.850. The standard InChI is InChI=1S/C9H18N2O4/c1-11(13)9(12)10-5-7-15-8-4-2-3-6-14-8/h8,13H,2-7H2,1H3,(H,10,12). The van der Waals surface area contributed by atoms with Gasteiger partial charge in [-0.05, 0) is 19.3 Å². The third-order valence-corrected chi connectivity index (χ3v) is 2.11. The van der Waals surface area contributed by atoms with E-state index in [4.69, 9.17) is 14.7 Å². The summed E-state index contributed by atoms with van der Waals surface area (Å²) in [5.41, 5.74) is 0. The molecule has 6 heteroatoms. The molecule has 0 saturated carbocycles. The van der Waals surface area contributed by atoms with E-state index in [9.17, 15) is 4.79 Å². The van der Waals surface area contributed by atoms with Crippen LogP contribution in [0.3, 0.4) is 0 Å². The summed E-state index contributed by atoms with van der Waals surface area (Å²) in [6.07, 6.45) is 2.98. The van der Waals surface area contributed by atoms with E-state index >= 15 is 0 Å². The highest BCUT2D eigenvalue weighted by Crippen LogP contribution is 2.12. The molecular weight excluding hydrogens is 200 g/mol. The molecule has 88 valence electrons. The van der Waals surface area contributed by atoms with Crippen LogP contribution in [0.2, 0.25) is 0 Å². The molecule has 1 fully saturated rings. The number of rotatable bonds is 4. The second-order valence-corrected chi connectivity index (χ2v) is 3.42. The van der Waals surface area contributed by atoms with Gasteiger partial charge in [-0.15, -0.1) is 0 Å². The van der Waals surface area contributed by atoms with Crippen LogP contribution >= 0.6 is 0 Å². The van der Waals surface area contributed by atoms with Gasteiger partial charge in [0.15, 0.2) is 6.29 Å². The van der Waals surface area contributed by atoms with Crippen molar-refractivity contribution >= 4 is 6.03 Å². The van der Waals surface area contributed by atoms with Crippen molar-refractivity contribution < 1.29 is 19.5 Å². The third kappa shape index (κ3) is 4.96. The lowest BCUT2D eigenvalue weighted by atomic mass is 10.2. The van der Waals surface area contributed by atoms with Crippen molar-refractivity contribution in [3.8, 4) is 0 Å². The summed E-state index contributed by atoms with van der Waals surface area (Å²) < 4.78 is 10.7. The van der Waals surface area contributed by atoms with Crippen LogP contribution in [0.4, 0.5) is 4.79 Å². The van der Waals surface area contributed by atoms with Crippen molar-refractivity contribution in [1.82, 2.24) is 10.4 Å². The lowest BCUT2D eigenvalue weighted by Crippen LogP contribution is -2.37. The Morgan fingerprint density at radius 3 is 3.07 bits per heavy atom. The fraction of sp³-hybridized carbons (Fsp3) is 0.889. The van der Waals surface area contributed by atoms with Gasteiger partial charge in [-0.2, -0.15) is 0 Å². The molecule has 2 N–H and O–H groups in total. The molecule has 0 bridgehead atoms. The highest BCUT2D eigenvalue weighted by atomic mass is 16.7. The van der Waals surface area contributed by atoms with Gasteiger partial charge in [0.1, 0.15) is 0 Å². The van der Waals surface area contributed by atoms with Crippen LogP contribution in [-0.4, -0.2) is 49.4 Å². The first-order valence-electron chi connectivity index (χ1n) is 5.14. The van der Waals surface area contributed by atoms with Crippen molar-refractivity contribution in [1.29, 1.82) is 0 Å². The van der Waals surface area contributed by atoms with Crippen LogP contribution in [0.15, 0.2) is 0 Å². The van der Waals surface area contributed by atoms with E-state index in [-0.39, 0.29) is 6.29 Å². The number of urea groups is 1. The van der Waals surface area contributed by atoms with Crippen molar-refractivity contribution in [2.45, 2.75) is 25.6 Å². The first kappa shape index (κ1) is 12.2. The summed E-state index contributed by atoms with van der Waals surface area (Å²) in [4.78, 5) is 10.9. The number of hydroxylamine groups is 2. The highest BCUT2D eigenvalue weighted by molar-refractivity contribution is 5.72. The molecule has 1 aliphatic heterocycles. The summed E-state index contributed by atoms with van der Waals surface area (Å²) >= 11 is 0. The topological polar surface area (TPSA) is 71.0 Å². The zero-order valence-corrected chi connectivity index (χ0v) is 8.94. The number of nitrogens with one attached hydrogen (secondary N) is 1. The maximum absolute atomic E-state index is 10.9. The summed E-state index contributed by atoms with van der Waals surface area (Å²) in [6, 6.07) is -0.539. The Morgan fingerprint density at radius 2 is 2.47 bits per heavy atom. The first-order valence-corrected chi connectivity index (χ1v) is 5.14. The molecule has 0 radical (unpaired) electrons. The minimum Gasteiger partial charge on any atom is -0.353 e. The number of hydrogen-bond acceptors (Lipinski definition) is 4. The Morgan fingerprint density at radius 1 is 1.67 bits per heavy atom. The predicted molar refractivity (Wildman–Crippen MR) is 52.5 cm³/mol. The number of carbonyl (C=O) groups is 1. The molecule has 1 aliphatic rings. The lowest BCUT2D eigenvalue weighted by molar-refractivity contribution is -0.161. The molecule has 0 aliphatic carbocycles. The minimum absolute atomic E-state index is 0.137. The number of carbonyl (C=O) groups excluding carboxylic acids is 1. The lowest BCUT2D eigenvalue weighted by Gasteiger charge is -2.22. The van der Waals surface area contributed by atoms with E-state index in [1.807, 2.05) is 0 Å². The molecule has 1 unspecified atom stereocenters. The highest BCUT2D eigenvalue weighted by Gasteiger charge is 2.13. The number of amides is 2. The van der Waals surface area contributed by atoms with Crippen molar-refractivity contribution in [3.05, 3.63) is 0 Å². The van der Waals surface area contributed by atoms with Gasteiger partial charge < -0.3 is 14.8 Å². The Bertz CT molecular complexity index is 193. The monoisotopic (exact) mass is 218 g/mol. The zero-order valence-electron chi connectivity index (χ0n) is 8.94. The second-order valence-electron chi connectivity index (χ2n) is 3.42. The van der Waals surface area contributed by atoms with Crippen molar-refractivity contribution in [3.63, 3.8) is 0 Å². The molecule has 1 heterocycles. The first-order chi connectivity index (χ1) is 7.20. The van der Waals surface area contributed by atoms with Gasteiger partial charge in [-0.3, -0.25) is 5.21 Å². The van der Waals surface area contributed by atoms with Gasteiger partial charge in [0.2, 0.25) is 0 Å². The minimum atomic E-state index is -0.539. The molecule has 2 amide bonds. The quantitative estimate of drug-likeness (QED) is 0.411. The van der Waals surface area contributed by atoms with E-state index in [2.05, 4.69) is 5.32 Å². The van der Waals surface area contributed by atoms with Gasteiger partial charge in [-0.1, -0.05) is 0 Å². The summed E-state index contributed by atoms with van der Waals surface area (Å²) in [6.45, 7) is 1.50. The maximum atomic E-state index is 10.9. The second kappa shape index (κ2) is 6.60. The molecule has 1 saturated heterocycles. The van der Waals surface area contributed by atoms with E-state index in [0.717, 1.165) is 25.9 Å². The fourth-order valence-electron chi connectivity index (χ4n) is 1.31. The van der Waals surface area contributed by atoms with Crippen LogP contribution in [0.5, 0.6) is 0 Å². The molecule has 15 heavy (non-hydrogen) atoms. The number of nitrogens with zero attached hydrogens (tertiary/aromatic N) is 1. The Labute approximate surface area is 89.1 Å². The zero-order chi connectivity index (χ0) is 11.1. The summed E-state index contributed by atoms with van der Waals surface area (Å²) in [5.74, 6) is 0. The van der Waals surface area contributed by atoms with Gasteiger partial charge in [-0.25, -0.2) is 9.86 Å². The molecule has 6 nitrogen and oxygen atoms in total. The SMILES string of the molecule is CN(O)C(=O)NCCOC1CCCCO1. The molecule has 0 aromatic rings. The molecule has 1 rings (SSSR count). The predicted octanol–water partition coefficient (Wildman–Crippen LogP) is 0.560. The molecule has 1 atom stereocenters. The third-order valence-electron chi connectivity index (χ3n) is 2.11. The van der Waals surface area contributed by atoms with E-state index in [1.54, 1.807) is 0 Å². The van der Waals surface area contributed by atoms with Crippen LogP contribution < -0.4 is 5.32 Å². The van der Waals surface area contributed by atoms with E-state index < -0.39 is 6.03 Å². The molecule has 0 spiro atoms. The smallest absolute Gasteiger partial charge is 0.340 e. The van der Waals surface area contributed by atoms with Gasteiger partial charge in [0, 0.05) is 20.2 Å². The van der Waals surface area contributed by atoms with Crippen molar-refractivity contribution in [2.75, 3.05) is 26.8 Å². The number of ether oxygens (including phenoxy) is 2. The van der Waals surface area contributed by atoms with Crippen LogP contribution in [0.25, 0.3) is 0 Å². The average molecular weight is 218 g/mol. The number of hydrogen-bond donors (Lipinski definition) is 2. The van der Waals surface area contributed by atoms with Crippen molar-refractivity contribution in [2.24, 2.45) is 0 Å². The Kier molecular flexibility index (Phi) is 5.38. The fourth-order valence-corrected chi connectivity index (χ4v) is 1.31. The van der Waals surface area contributed by atoms with E-state index in [1.165, 1.54) is 7.05 Å². The van der Waals surface area contributed by atoms with Crippen LogP contribution in [0, 0.1) is 0 Å². The average Bonchev–Trinajstić information content (AvgIpc) is 2.25. The summed E-state index contributed by atoms with van der Waals surface area (Å²) in [7, 11) is 1.26. The molecular formula is C9H18N2O4. The van der Waals surface area contributed by atoms with Gasteiger partial charge >= 0.3 is 6.03 Å².